The maximum atomic E-state index is 15.6. The second kappa shape index (κ2) is 6.81. The van der Waals surface area contributed by atoms with Crippen molar-refractivity contribution in [2.24, 2.45) is 0 Å². The number of aliphatic hydroxyl groups excluding tert-OH is 1. The molecule has 1 heterocycles. The Hall–Kier alpha value is -1.46. The predicted molar refractivity (Wildman–Crippen MR) is 94.6 cm³/mol. The van der Waals surface area contributed by atoms with Crippen LogP contribution in [0.2, 0.25) is 10.0 Å². The highest BCUT2D eigenvalue weighted by Crippen LogP contribution is 2.43. The molecule has 0 saturated carbocycles. The summed E-state index contributed by atoms with van der Waals surface area (Å²) in [6.45, 7) is 4.15. The zero-order chi connectivity index (χ0) is 17.3. The summed E-state index contributed by atoms with van der Waals surface area (Å²) in [6, 6.07) is 8.36. The monoisotopic (exact) mass is 366 g/mol. The molecule has 3 nitrogen and oxygen atoms in total. The van der Waals surface area contributed by atoms with E-state index in [2.05, 4.69) is 16.9 Å². The Kier molecular flexibility index (Phi) is 4.92. The minimum absolute atomic E-state index is 0.146. The molecule has 24 heavy (non-hydrogen) atoms. The summed E-state index contributed by atoms with van der Waals surface area (Å²) in [5, 5.41) is 14.3. The Bertz CT molecular complexity index is 783. The topological polar surface area (TPSA) is 45.1 Å². The lowest BCUT2D eigenvalue weighted by atomic mass is 9.79. The van der Waals surface area contributed by atoms with Crippen molar-refractivity contribution in [3.63, 3.8) is 0 Å². The molecule has 0 radical (unpaired) electrons. The molecule has 0 saturated heterocycles. The molecule has 2 atom stereocenters. The van der Waals surface area contributed by atoms with Crippen molar-refractivity contribution in [1.29, 1.82) is 0 Å². The number of aliphatic hydroxyl groups is 1. The average molecular weight is 367 g/mol. The third kappa shape index (κ3) is 3.20. The largest absolute Gasteiger partial charge is 0.375 e. The summed E-state index contributed by atoms with van der Waals surface area (Å²) < 4.78 is 15.6. The molecule has 126 valence electrons. The molecule has 6 heteroatoms. The van der Waals surface area contributed by atoms with Gasteiger partial charge in [0.1, 0.15) is 6.23 Å². The fourth-order valence-electron chi connectivity index (χ4n) is 2.93. The van der Waals surface area contributed by atoms with Crippen LogP contribution in [0.1, 0.15) is 29.7 Å². The molecule has 2 unspecified atom stereocenters. The molecule has 3 rings (SSSR count). The zero-order valence-corrected chi connectivity index (χ0v) is 14.4. The summed E-state index contributed by atoms with van der Waals surface area (Å²) in [5.41, 5.74) is 0.478. The summed E-state index contributed by atoms with van der Waals surface area (Å²) in [7, 11) is 0. The molecule has 2 N–H and O–H groups in total. The first-order valence-electron chi connectivity index (χ1n) is 7.60. The van der Waals surface area contributed by atoms with E-state index in [9.17, 15) is 5.11 Å². The van der Waals surface area contributed by atoms with Gasteiger partial charge in [-0.1, -0.05) is 41.9 Å². The highest BCUT2D eigenvalue weighted by Gasteiger charge is 2.44. The van der Waals surface area contributed by atoms with E-state index in [1.165, 1.54) is 0 Å². The zero-order valence-electron chi connectivity index (χ0n) is 12.9. The number of nitrogens with zero attached hydrogens (tertiary/aromatic N) is 1. The Balaban J connectivity index is 1.81. The van der Waals surface area contributed by atoms with Gasteiger partial charge < -0.3 is 5.11 Å². The molecule has 1 aromatic heterocycles. The van der Waals surface area contributed by atoms with Crippen molar-refractivity contribution in [3.05, 3.63) is 70.0 Å². The number of allylic oxidation sites excluding steroid dienone is 1. The van der Waals surface area contributed by atoms with Crippen LogP contribution >= 0.6 is 23.2 Å². The first-order chi connectivity index (χ1) is 11.4. The number of rotatable bonds is 4. The minimum Gasteiger partial charge on any atom is -0.375 e. The molecular formula is C18H17Cl2FN2O. The van der Waals surface area contributed by atoms with E-state index in [0.29, 0.717) is 27.7 Å². The number of halogens is 3. The Morgan fingerprint density at radius 2 is 2.17 bits per heavy atom. The molecule has 1 aliphatic carbocycles. The van der Waals surface area contributed by atoms with Crippen LogP contribution in [0.4, 0.5) is 4.39 Å². The predicted octanol–water partition coefficient (Wildman–Crippen LogP) is 4.47. The van der Waals surface area contributed by atoms with Gasteiger partial charge in [-0.3, -0.25) is 10.3 Å². The van der Waals surface area contributed by atoms with Crippen LogP contribution in [0.5, 0.6) is 0 Å². The number of nitrogens with one attached hydrogen (secondary N) is 1. The van der Waals surface area contributed by atoms with E-state index < -0.39 is 11.9 Å². The van der Waals surface area contributed by atoms with E-state index in [-0.39, 0.29) is 13.0 Å². The highest BCUT2D eigenvalue weighted by atomic mass is 35.5. The van der Waals surface area contributed by atoms with Crippen LogP contribution in [0, 0.1) is 0 Å². The fourth-order valence-corrected chi connectivity index (χ4v) is 3.40. The minimum atomic E-state index is -1.93. The summed E-state index contributed by atoms with van der Waals surface area (Å²) in [4.78, 5) is 4.21. The average Bonchev–Trinajstić information content (AvgIpc) is 2.57. The van der Waals surface area contributed by atoms with Gasteiger partial charge >= 0.3 is 0 Å². The normalized spacial score (nSPS) is 21.4. The summed E-state index contributed by atoms with van der Waals surface area (Å²) >= 11 is 12.0. The van der Waals surface area contributed by atoms with E-state index in [1.807, 2.05) is 0 Å². The second-order valence-corrected chi connectivity index (χ2v) is 6.73. The Labute approximate surface area is 150 Å². The van der Waals surface area contributed by atoms with Crippen molar-refractivity contribution in [2.75, 3.05) is 0 Å². The Morgan fingerprint density at radius 3 is 2.92 bits per heavy atom. The fraction of sp³-hybridized carbons (Fsp3) is 0.278. The van der Waals surface area contributed by atoms with Gasteiger partial charge in [0.05, 0.1) is 5.69 Å². The Morgan fingerprint density at radius 1 is 1.38 bits per heavy atom. The van der Waals surface area contributed by atoms with Crippen LogP contribution in [0.25, 0.3) is 5.57 Å². The van der Waals surface area contributed by atoms with Crippen molar-refractivity contribution in [1.82, 2.24) is 10.3 Å². The van der Waals surface area contributed by atoms with Crippen LogP contribution in [-0.2, 0) is 12.2 Å². The van der Waals surface area contributed by atoms with Gasteiger partial charge in [0, 0.05) is 28.4 Å². The van der Waals surface area contributed by atoms with Crippen molar-refractivity contribution in [2.45, 2.75) is 31.3 Å². The first kappa shape index (κ1) is 17.4. The number of pyridine rings is 1. The number of alkyl halides is 1. The van der Waals surface area contributed by atoms with Crippen LogP contribution in [-0.4, -0.2) is 16.3 Å². The van der Waals surface area contributed by atoms with Crippen LogP contribution in [0.3, 0.4) is 0 Å². The first-order valence-corrected chi connectivity index (χ1v) is 8.35. The molecule has 1 aliphatic rings. The van der Waals surface area contributed by atoms with E-state index in [0.717, 1.165) is 11.1 Å². The van der Waals surface area contributed by atoms with Gasteiger partial charge in [0.25, 0.3) is 0 Å². The summed E-state index contributed by atoms with van der Waals surface area (Å²) in [5.74, 6) is 0. The standard InChI is InChI=1S/C18H17Cl2FN2O/c1-11-6-7-18(21,14-3-2-8-22-16(11)14)17(24)23-10-12-4-5-13(19)9-15(12)20/h2-5,8-9,17,23-24H,1,6-7,10H2. The quantitative estimate of drug-likeness (QED) is 0.784. The lowest BCUT2D eigenvalue weighted by Gasteiger charge is -2.36. The smallest absolute Gasteiger partial charge is 0.177 e. The van der Waals surface area contributed by atoms with Crippen molar-refractivity contribution >= 4 is 28.8 Å². The lowest BCUT2D eigenvalue weighted by molar-refractivity contribution is -0.0427. The van der Waals surface area contributed by atoms with Crippen LogP contribution in [0.15, 0.2) is 43.1 Å². The molecule has 0 aliphatic heterocycles. The molecule has 2 aromatic rings. The van der Waals surface area contributed by atoms with Crippen LogP contribution < -0.4 is 5.32 Å². The number of benzene rings is 1. The highest BCUT2D eigenvalue weighted by molar-refractivity contribution is 6.35. The van der Waals surface area contributed by atoms with E-state index >= 15 is 4.39 Å². The molecule has 0 amide bonds. The maximum Gasteiger partial charge on any atom is 0.177 e. The van der Waals surface area contributed by atoms with Gasteiger partial charge in [0.15, 0.2) is 5.67 Å². The van der Waals surface area contributed by atoms with Crippen molar-refractivity contribution in [3.8, 4) is 0 Å². The van der Waals surface area contributed by atoms with Crippen molar-refractivity contribution < 1.29 is 9.50 Å². The number of fused-ring (bicyclic) bond motifs is 1. The van der Waals surface area contributed by atoms with Gasteiger partial charge in [-0.05, 0) is 42.2 Å². The van der Waals surface area contributed by atoms with Gasteiger partial charge in [-0.2, -0.15) is 0 Å². The van der Waals surface area contributed by atoms with E-state index in [1.54, 1.807) is 36.5 Å². The third-order valence-corrected chi connectivity index (χ3v) is 4.90. The second-order valence-electron chi connectivity index (χ2n) is 5.88. The number of hydrogen-bond acceptors (Lipinski definition) is 3. The number of aromatic nitrogens is 1. The summed E-state index contributed by atoms with van der Waals surface area (Å²) in [6.07, 6.45) is 0.803. The lowest BCUT2D eigenvalue weighted by Crippen LogP contribution is -2.47. The molecule has 1 aromatic carbocycles. The van der Waals surface area contributed by atoms with Gasteiger partial charge in [0.2, 0.25) is 0 Å². The van der Waals surface area contributed by atoms with Gasteiger partial charge in [-0.25, -0.2) is 4.39 Å². The van der Waals surface area contributed by atoms with E-state index in [4.69, 9.17) is 23.2 Å². The number of hydrogen-bond donors (Lipinski definition) is 2. The molecular weight excluding hydrogens is 350 g/mol. The maximum absolute atomic E-state index is 15.6. The third-order valence-electron chi connectivity index (χ3n) is 4.32. The molecule has 0 spiro atoms. The molecule has 0 bridgehead atoms. The van der Waals surface area contributed by atoms with Gasteiger partial charge in [-0.15, -0.1) is 0 Å². The molecule has 0 fully saturated rings. The SMILES string of the molecule is C=C1CCC(F)(C(O)NCc2ccc(Cl)cc2Cl)c2cccnc21.